The molecule has 5 rings (SSSR count). The van der Waals surface area contributed by atoms with Gasteiger partial charge in [0.1, 0.15) is 0 Å². The van der Waals surface area contributed by atoms with Crippen LogP contribution in [-0.4, -0.2) is 68.4 Å². The number of esters is 1. The Bertz CT molecular complexity index is 611. The largest absolute Gasteiger partial charge is 0.465 e. The molecule has 0 amide bonds. The van der Waals surface area contributed by atoms with Crippen LogP contribution in [0, 0.1) is 0 Å². The number of aliphatic hydroxyl groups is 1. The van der Waals surface area contributed by atoms with Crippen LogP contribution in [0.5, 0.6) is 0 Å². The molecule has 4 fully saturated rings. The number of ether oxygens (including phenoxy) is 6. The highest BCUT2D eigenvalue weighted by atomic mass is 16.7. The van der Waals surface area contributed by atoms with E-state index in [2.05, 4.69) is 0 Å². The third kappa shape index (κ3) is 6.90. The van der Waals surface area contributed by atoms with Gasteiger partial charge in [0, 0.05) is 38.9 Å². The van der Waals surface area contributed by atoms with Crippen LogP contribution in [0.25, 0.3) is 0 Å². The first-order valence-electron chi connectivity index (χ1n) is 12.4. The molecule has 0 aromatic heterocycles. The van der Waals surface area contributed by atoms with Crippen molar-refractivity contribution in [1.29, 1.82) is 0 Å². The molecule has 0 bridgehead atoms. The predicted octanol–water partition coefficient (Wildman–Crippen LogP) is 3.35. The van der Waals surface area contributed by atoms with Gasteiger partial charge >= 0.3 is 5.97 Å². The van der Waals surface area contributed by atoms with Crippen LogP contribution in [0.3, 0.4) is 0 Å². The Morgan fingerprint density at radius 2 is 1.62 bits per heavy atom. The van der Waals surface area contributed by atoms with Gasteiger partial charge in [0.05, 0.1) is 31.0 Å². The lowest BCUT2D eigenvalue weighted by molar-refractivity contribution is -0.143. The van der Waals surface area contributed by atoms with Gasteiger partial charge in [0.15, 0.2) is 24.4 Å². The number of aliphatic hydroxyl groups excluding tert-OH is 1. The Kier molecular flexibility index (Phi) is 9.22. The number of cyclic esters (lactones) is 1. The van der Waals surface area contributed by atoms with E-state index in [1.807, 2.05) is 0 Å². The van der Waals surface area contributed by atoms with Gasteiger partial charge < -0.3 is 33.5 Å². The summed E-state index contributed by atoms with van der Waals surface area (Å²) in [6.45, 7) is 2.81. The van der Waals surface area contributed by atoms with Crippen LogP contribution in [-0.2, 0) is 33.2 Å². The average molecular weight is 455 g/mol. The van der Waals surface area contributed by atoms with Crippen molar-refractivity contribution in [1.82, 2.24) is 0 Å². The molecule has 3 saturated heterocycles. The maximum absolute atomic E-state index is 12.5. The fourth-order valence-corrected chi connectivity index (χ4v) is 4.84. The Morgan fingerprint density at radius 1 is 0.875 bits per heavy atom. The van der Waals surface area contributed by atoms with E-state index in [0.717, 1.165) is 64.6 Å². The van der Waals surface area contributed by atoms with Crippen molar-refractivity contribution in [3.05, 3.63) is 11.3 Å². The van der Waals surface area contributed by atoms with E-state index in [4.69, 9.17) is 33.5 Å². The smallest absolute Gasteiger partial charge is 0.338 e. The van der Waals surface area contributed by atoms with E-state index >= 15 is 0 Å². The zero-order valence-corrected chi connectivity index (χ0v) is 19.0. The number of hydrogen-bond donors (Lipinski definition) is 1. The van der Waals surface area contributed by atoms with Crippen LogP contribution < -0.4 is 0 Å². The molecule has 8 nitrogen and oxygen atoms in total. The monoisotopic (exact) mass is 454 g/mol. The molecule has 4 unspecified atom stereocenters. The highest BCUT2D eigenvalue weighted by molar-refractivity contribution is 5.91. The number of carbonyl (C=O) groups excluding carboxylic acids is 1. The minimum Gasteiger partial charge on any atom is -0.465 e. The Labute approximate surface area is 190 Å². The molecule has 5 aliphatic rings. The van der Waals surface area contributed by atoms with E-state index < -0.39 is 6.29 Å². The van der Waals surface area contributed by atoms with Crippen LogP contribution >= 0.6 is 0 Å². The quantitative estimate of drug-likeness (QED) is 0.558. The standard InChI is InChI=1S/C20H30O6.C4H8O2/c21-20-16(13-15-7-3-10-22-15)19(26-18-8-4-11-24-18)17(25-20)9-12-23-14-5-1-2-6-14;5-4-2-1-3-6-4/h14-15,17-18H,1-13H2;4-5H,1-3H2. The number of rotatable bonds is 8. The van der Waals surface area contributed by atoms with Crippen LogP contribution in [0.1, 0.15) is 77.0 Å². The van der Waals surface area contributed by atoms with Gasteiger partial charge in [0.2, 0.25) is 0 Å². The molecule has 0 spiro atoms. The highest BCUT2D eigenvalue weighted by Gasteiger charge is 2.39. The van der Waals surface area contributed by atoms with Crippen molar-refractivity contribution >= 4 is 5.97 Å². The van der Waals surface area contributed by atoms with Crippen molar-refractivity contribution < 1.29 is 38.3 Å². The van der Waals surface area contributed by atoms with Gasteiger partial charge in [-0.25, -0.2) is 4.79 Å². The Balaban J connectivity index is 0.000000354. The first kappa shape index (κ1) is 24.0. The van der Waals surface area contributed by atoms with Crippen LogP contribution in [0.15, 0.2) is 11.3 Å². The molecule has 0 radical (unpaired) electrons. The van der Waals surface area contributed by atoms with Crippen molar-refractivity contribution in [3.63, 3.8) is 0 Å². The van der Waals surface area contributed by atoms with Gasteiger partial charge in [-0.1, -0.05) is 12.8 Å². The first-order valence-corrected chi connectivity index (χ1v) is 12.4. The van der Waals surface area contributed by atoms with E-state index in [1.54, 1.807) is 0 Å². The topological polar surface area (TPSA) is 92.7 Å². The molecule has 4 aliphatic heterocycles. The summed E-state index contributed by atoms with van der Waals surface area (Å²) in [6.07, 6.45) is 11.1. The molecular formula is C24H38O8. The fraction of sp³-hybridized carbons (Fsp3) is 0.875. The molecule has 0 aromatic carbocycles. The molecule has 0 aromatic rings. The summed E-state index contributed by atoms with van der Waals surface area (Å²) in [5.41, 5.74) is 0.637. The van der Waals surface area contributed by atoms with Crippen molar-refractivity contribution in [2.24, 2.45) is 0 Å². The lowest BCUT2D eigenvalue weighted by atomic mass is 10.0. The molecule has 8 heteroatoms. The highest BCUT2D eigenvalue weighted by Crippen LogP contribution is 2.34. The Morgan fingerprint density at radius 3 is 2.25 bits per heavy atom. The van der Waals surface area contributed by atoms with Crippen molar-refractivity contribution in [2.75, 3.05) is 26.4 Å². The second-order valence-corrected chi connectivity index (χ2v) is 9.17. The minimum atomic E-state index is -0.454. The summed E-state index contributed by atoms with van der Waals surface area (Å²) in [5.74, 6) is 0.395. The second kappa shape index (κ2) is 12.3. The average Bonchev–Trinajstić information content (AvgIpc) is 3.60. The van der Waals surface area contributed by atoms with Gasteiger partial charge in [-0.2, -0.15) is 0 Å². The maximum Gasteiger partial charge on any atom is 0.338 e. The molecule has 1 saturated carbocycles. The zero-order chi connectivity index (χ0) is 22.2. The van der Waals surface area contributed by atoms with Gasteiger partial charge in [-0.05, 0) is 38.5 Å². The van der Waals surface area contributed by atoms with E-state index in [0.29, 0.717) is 43.5 Å². The van der Waals surface area contributed by atoms with Crippen molar-refractivity contribution in [3.8, 4) is 0 Å². The molecule has 1 aliphatic carbocycles. The van der Waals surface area contributed by atoms with Gasteiger partial charge in [-0.3, -0.25) is 0 Å². The lowest BCUT2D eigenvalue weighted by Gasteiger charge is -2.20. The maximum atomic E-state index is 12.5. The summed E-state index contributed by atoms with van der Waals surface area (Å²) < 4.78 is 33.7. The molecular weight excluding hydrogens is 416 g/mol. The minimum absolute atomic E-state index is 0.0918. The van der Waals surface area contributed by atoms with Crippen LogP contribution in [0.4, 0.5) is 0 Å². The van der Waals surface area contributed by atoms with Crippen molar-refractivity contribution in [2.45, 2.75) is 108 Å². The Hall–Kier alpha value is -1.19. The molecule has 4 atom stereocenters. The third-order valence-corrected chi connectivity index (χ3v) is 6.63. The summed E-state index contributed by atoms with van der Waals surface area (Å²) >= 11 is 0. The van der Waals surface area contributed by atoms with E-state index in [-0.39, 0.29) is 24.5 Å². The SMILES string of the molecule is O=C1OC(CCOC2CCCC2)C(OC2CCCO2)=C1CC1CCCO1.OC1CCCO1. The predicted molar refractivity (Wildman–Crippen MR) is 115 cm³/mol. The molecule has 1 N–H and O–H groups in total. The first-order chi connectivity index (χ1) is 15.7. The number of hydrogen-bond acceptors (Lipinski definition) is 8. The fourth-order valence-electron chi connectivity index (χ4n) is 4.84. The summed E-state index contributed by atoms with van der Waals surface area (Å²) in [6, 6.07) is 0. The van der Waals surface area contributed by atoms with E-state index in [1.165, 1.54) is 12.8 Å². The number of carbonyl (C=O) groups is 1. The second-order valence-electron chi connectivity index (χ2n) is 9.17. The molecule has 4 heterocycles. The summed E-state index contributed by atoms with van der Waals surface area (Å²) in [5, 5.41) is 8.51. The van der Waals surface area contributed by atoms with Crippen LogP contribution in [0.2, 0.25) is 0 Å². The summed E-state index contributed by atoms with van der Waals surface area (Å²) in [7, 11) is 0. The third-order valence-electron chi connectivity index (χ3n) is 6.63. The lowest BCUT2D eigenvalue weighted by Crippen LogP contribution is -2.21. The van der Waals surface area contributed by atoms with Gasteiger partial charge in [-0.15, -0.1) is 0 Å². The zero-order valence-electron chi connectivity index (χ0n) is 19.0. The molecule has 32 heavy (non-hydrogen) atoms. The normalized spacial score (nSPS) is 33.0. The van der Waals surface area contributed by atoms with E-state index in [9.17, 15) is 4.79 Å². The summed E-state index contributed by atoms with van der Waals surface area (Å²) in [4.78, 5) is 12.5. The molecule has 182 valence electrons. The van der Waals surface area contributed by atoms with Gasteiger partial charge in [0.25, 0.3) is 0 Å².